The summed E-state index contributed by atoms with van der Waals surface area (Å²) in [4.78, 5) is 4.66. The third-order valence-electron chi connectivity index (χ3n) is 3.68. The number of rotatable bonds is 2. The Balaban J connectivity index is 2.06. The molecule has 1 aromatic heterocycles. The number of nitrogens with one attached hydrogen (secondary N) is 1. The highest BCUT2D eigenvalue weighted by atomic mass is 79.9. The van der Waals surface area contributed by atoms with E-state index in [0.29, 0.717) is 6.04 Å². The molecule has 2 aromatic rings. The molecule has 0 amide bonds. The number of fused-ring (bicyclic) bond motifs is 1. The van der Waals surface area contributed by atoms with Gasteiger partial charge in [-0.15, -0.1) is 0 Å². The minimum Gasteiger partial charge on any atom is -0.332 e. The van der Waals surface area contributed by atoms with E-state index in [4.69, 9.17) is 0 Å². The zero-order valence-corrected chi connectivity index (χ0v) is 12.8. The fourth-order valence-electron chi connectivity index (χ4n) is 2.74. The van der Waals surface area contributed by atoms with Crippen LogP contribution in [0.25, 0.3) is 0 Å². The zero-order chi connectivity index (χ0) is 13.4. The Kier molecular flexibility index (Phi) is 3.46. The van der Waals surface area contributed by atoms with E-state index in [1.807, 2.05) is 12.4 Å². The molecule has 0 radical (unpaired) electrons. The highest BCUT2D eigenvalue weighted by Gasteiger charge is 2.27. The van der Waals surface area contributed by atoms with Crippen LogP contribution < -0.4 is 5.32 Å². The van der Waals surface area contributed by atoms with Gasteiger partial charge < -0.3 is 9.88 Å². The maximum atomic E-state index is 4.66. The van der Waals surface area contributed by atoms with Crippen LogP contribution in [0.1, 0.15) is 42.9 Å². The number of hydrogen-bond acceptors (Lipinski definition) is 2. The number of hydrogen-bond donors (Lipinski definition) is 1. The second kappa shape index (κ2) is 5.10. The quantitative estimate of drug-likeness (QED) is 0.918. The van der Waals surface area contributed by atoms with Crippen molar-refractivity contribution in [3.63, 3.8) is 0 Å². The van der Waals surface area contributed by atoms with Crippen LogP contribution >= 0.6 is 15.9 Å². The van der Waals surface area contributed by atoms with Crippen molar-refractivity contribution in [2.24, 2.45) is 0 Å². The highest BCUT2D eigenvalue weighted by Crippen LogP contribution is 2.32. The molecule has 0 fully saturated rings. The lowest BCUT2D eigenvalue weighted by Crippen LogP contribution is -2.32. The molecule has 0 aliphatic carbocycles. The van der Waals surface area contributed by atoms with Crippen LogP contribution in [0, 0.1) is 0 Å². The number of halogens is 1. The van der Waals surface area contributed by atoms with Gasteiger partial charge in [0.2, 0.25) is 0 Å². The lowest BCUT2D eigenvalue weighted by Gasteiger charge is -2.26. The Morgan fingerprint density at radius 1 is 1.37 bits per heavy atom. The smallest absolute Gasteiger partial charge is 0.0954 e. The summed E-state index contributed by atoms with van der Waals surface area (Å²) in [6, 6.07) is 9.03. The van der Waals surface area contributed by atoms with Crippen molar-refractivity contribution in [2.45, 2.75) is 32.4 Å². The zero-order valence-electron chi connectivity index (χ0n) is 11.2. The summed E-state index contributed by atoms with van der Waals surface area (Å²) in [5.74, 6) is 0. The van der Waals surface area contributed by atoms with E-state index in [9.17, 15) is 0 Å². The van der Waals surface area contributed by atoms with Crippen LogP contribution in [-0.2, 0) is 6.42 Å². The summed E-state index contributed by atoms with van der Waals surface area (Å²) in [7, 11) is 0. The Morgan fingerprint density at radius 2 is 2.16 bits per heavy atom. The third kappa shape index (κ3) is 2.23. The van der Waals surface area contributed by atoms with Crippen molar-refractivity contribution in [1.82, 2.24) is 14.9 Å². The molecule has 1 aliphatic heterocycles. The van der Waals surface area contributed by atoms with Crippen LogP contribution in [0.2, 0.25) is 0 Å². The maximum absolute atomic E-state index is 4.66. The van der Waals surface area contributed by atoms with Crippen molar-refractivity contribution in [1.29, 1.82) is 0 Å². The summed E-state index contributed by atoms with van der Waals surface area (Å²) in [5.41, 5.74) is 3.80. The van der Waals surface area contributed by atoms with Gasteiger partial charge in [-0.3, -0.25) is 0 Å². The van der Waals surface area contributed by atoms with Gasteiger partial charge in [0.15, 0.2) is 0 Å². The monoisotopic (exact) mass is 319 g/mol. The van der Waals surface area contributed by atoms with Gasteiger partial charge in [0.25, 0.3) is 0 Å². The van der Waals surface area contributed by atoms with Crippen molar-refractivity contribution < 1.29 is 0 Å². The lowest BCUT2D eigenvalue weighted by atomic mass is 9.98. The minimum absolute atomic E-state index is 0.194. The molecule has 1 atom stereocenters. The summed E-state index contributed by atoms with van der Waals surface area (Å²) >= 11 is 3.64. The largest absolute Gasteiger partial charge is 0.332 e. The predicted molar refractivity (Wildman–Crippen MR) is 80.3 cm³/mol. The number of benzene rings is 1. The number of nitrogens with zero attached hydrogens (tertiary/aromatic N) is 2. The molecule has 0 bridgehead atoms. The molecular formula is C15H18BrN3. The van der Waals surface area contributed by atoms with Crippen molar-refractivity contribution in [3.8, 4) is 0 Å². The molecule has 1 N–H and O–H groups in total. The fraction of sp³-hybridized carbons (Fsp3) is 0.400. The van der Waals surface area contributed by atoms with E-state index in [1.165, 1.54) is 17.0 Å². The Morgan fingerprint density at radius 3 is 2.89 bits per heavy atom. The standard InChI is InChI=1S/C15H18BrN3/c1-10(2)19-9-18-15-13(19)7-8-17-14(15)11-5-3-4-6-12(11)16/h3-6,9-10,14,17H,7-8H2,1-2H3. The van der Waals surface area contributed by atoms with Gasteiger partial charge in [-0.1, -0.05) is 34.1 Å². The normalized spacial score (nSPS) is 18.6. The predicted octanol–water partition coefficient (Wildman–Crippen LogP) is 3.46. The second-order valence-corrected chi connectivity index (χ2v) is 6.09. The van der Waals surface area contributed by atoms with Crippen molar-refractivity contribution >= 4 is 15.9 Å². The molecule has 0 saturated carbocycles. The summed E-state index contributed by atoms with van der Waals surface area (Å²) in [6.07, 6.45) is 3.03. The summed E-state index contributed by atoms with van der Waals surface area (Å²) < 4.78 is 3.43. The molecule has 3 nitrogen and oxygen atoms in total. The topological polar surface area (TPSA) is 29.9 Å². The van der Waals surface area contributed by atoms with Gasteiger partial charge in [-0.05, 0) is 25.5 Å². The molecule has 2 heterocycles. The first kappa shape index (κ1) is 12.9. The second-order valence-electron chi connectivity index (χ2n) is 5.24. The molecule has 100 valence electrons. The first-order valence-electron chi connectivity index (χ1n) is 6.72. The Labute approximate surface area is 122 Å². The van der Waals surface area contributed by atoms with Crippen LogP contribution in [0.4, 0.5) is 0 Å². The number of aromatic nitrogens is 2. The van der Waals surface area contributed by atoms with Crippen molar-refractivity contribution in [2.75, 3.05) is 6.54 Å². The summed E-state index contributed by atoms with van der Waals surface area (Å²) in [6.45, 7) is 5.41. The summed E-state index contributed by atoms with van der Waals surface area (Å²) in [5, 5.41) is 3.58. The maximum Gasteiger partial charge on any atom is 0.0954 e. The Bertz CT molecular complexity index is 589. The van der Waals surface area contributed by atoms with Gasteiger partial charge in [-0.2, -0.15) is 0 Å². The van der Waals surface area contributed by atoms with Gasteiger partial charge in [0, 0.05) is 29.2 Å². The SMILES string of the molecule is CC(C)n1cnc2c1CCNC2c1ccccc1Br. The van der Waals surface area contributed by atoms with E-state index in [0.717, 1.165) is 17.4 Å². The van der Waals surface area contributed by atoms with E-state index < -0.39 is 0 Å². The molecule has 1 aliphatic rings. The highest BCUT2D eigenvalue weighted by molar-refractivity contribution is 9.10. The van der Waals surface area contributed by atoms with E-state index >= 15 is 0 Å². The molecular weight excluding hydrogens is 302 g/mol. The van der Waals surface area contributed by atoms with Crippen LogP contribution in [-0.4, -0.2) is 16.1 Å². The average molecular weight is 320 g/mol. The van der Waals surface area contributed by atoms with Crippen LogP contribution in [0.3, 0.4) is 0 Å². The first-order chi connectivity index (χ1) is 9.18. The van der Waals surface area contributed by atoms with E-state index in [1.54, 1.807) is 0 Å². The van der Waals surface area contributed by atoms with Gasteiger partial charge in [-0.25, -0.2) is 4.98 Å². The molecule has 0 saturated heterocycles. The van der Waals surface area contributed by atoms with Gasteiger partial charge in [0.05, 0.1) is 18.1 Å². The molecule has 1 unspecified atom stereocenters. The molecule has 4 heteroatoms. The fourth-order valence-corrected chi connectivity index (χ4v) is 3.26. The molecule has 3 rings (SSSR count). The third-order valence-corrected chi connectivity index (χ3v) is 4.41. The molecule has 19 heavy (non-hydrogen) atoms. The van der Waals surface area contributed by atoms with Gasteiger partial charge in [0.1, 0.15) is 0 Å². The van der Waals surface area contributed by atoms with Crippen molar-refractivity contribution in [3.05, 3.63) is 52.0 Å². The molecule has 1 aromatic carbocycles. The van der Waals surface area contributed by atoms with E-state index in [-0.39, 0.29) is 6.04 Å². The lowest BCUT2D eigenvalue weighted by molar-refractivity contribution is 0.512. The van der Waals surface area contributed by atoms with E-state index in [2.05, 4.69) is 62.8 Å². The van der Waals surface area contributed by atoms with Gasteiger partial charge >= 0.3 is 0 Å². The Hall–Kier alpha value is -1.13. The average Bonchev–Trinajstić information content (AvgIpc) is 2.83. The minimum atomic E-state index is 0.194. The number of imidazole rings is 1. The first-order valence-corrected chi connectivity index (χ1v) is 7.51. The molecule has 0 spiro atoms. The van der Waals surface area contributed by atoms with Crippen LogP contribution in [0.5, 0.6) is 0 Å². The van der Waals surface area contributed by atoms with Crippen LogP contribution in [0.15, 0.2) is 35.1 Å².